The minimum atomic E-state index is -2.65. The average Bonchev–Trinajstić information content (AvgIpc) is 2.49. The van der Waals surface area contributed by atoms with Crippen molar-refractivity contribution in [3.63, 3.8) is 0 Å². The molecule has 0 aromatic carbocycles. The first kappa shape index (κ1) is 20.8. The van der Waals surface area contributed by atoms with E-state index in [-0.39, 0.29) is 13.2 Å². The summed E-state index contributed by atoms with van der Waals surface area (Å²) in [4.78, 5) is 21.3. The molecular weight excluding hydrogens is 310 g/mol. The molecule has 1 amide bonds. The van der Waals surface area contributed by atoms with Gasteiger partial charge in [0.05, 0.1) is 0 Å². The van der Waals surface area contributed by atoms with Gasteiger partial charge in [0.1, 0.15) is 13.2 Å². The van der Waals surface area contributed by atoms with E-state index >= 15 is 0 Å². The topological polar surface area (TPSA) is 92.3 Å². The molecule has 0 aliphatic heterocycles. The second-order valence-electron chi connectivity index (χ2n) is 4.12. The third-order valence-electron chi connectivity index (χ3n) is 2.52. The minimum absolute atomic E-state index is 0.0279. The number of hydrogen-bond donors (Lipinski definition) is 1. The van der Waals surface area contributed by atoms with Gasteiger partial charge in [0, 0.05) is 32.4 Å². The summed E-state index contributed by atoms with van der Waals surface area (Å²) >= 11 is 0. The van der Waals surface area contributed by atoms with Crippen molar-refractivity contribution in [2.24, 2.45) is 0 Å². The summed E-state index contributed by atoms with van der Waals surface area (Å²) in [6.45, 7) is 8.09. The molecule has 9 heteroatoms. The number of hydrogen-bond acceptors (Lipinski definition) is 7. The molecule has 130 valence electrons. The molecular formula is C13H27NO7Si. The van der Waals surface area contributed by atoms with Crippen LogP contribution in [0.5, 0.6) is 0 Å². The molecule has 0 aliphatic rings. The van der Waals surface area contributed by atoms with Crippen LogP contribution in [0.4, 0.5) is 4.79 Å². The van der Waals surface area contributed by atoms with Crippen molar-refractivity contribution in [1.82, 2.24) is 5.32 Å². The van der Waals surface area contributed by atoms with Gasteiger partial charge in [-0.1, -0.05) is 0 Å². The normalized spacial score (nSPS) is 11.0. The van der Waals surface area contributed by atoms with E-state index in [0.717, 1.165) is 0 Å². The van der Waals surface area contributed by atoms with Crippen LogP contribution in [0.25, 0.3) is 0 Å². The van der Waals surface area contributed by atoms with Crippen molar-refractivity contribution < 1.29 is 32.3 Å². The van der Waals surface area contributed by atoms with E-state index in [0.29, 0.717) is 45.3 Å². The Morgan fingerprint density at radius 3 is 2.14 bits per heavy atom. The summed E-state index contributed by atoms with van der Waals surface area (Å²) in [5.74, 6) is 0. The second kappa shape index (κ2) is 13.5. The van der Waals surface area contributed by atoms with Crippen molar-refractivity contribution in [3.05, 3.63) is 0 Å². The summed E-state index contributed by atoms with van der Waals surface area (Å²) in [5.41, 5.74) is 0. The van der Waals surface area contributed by atoms with E-state index in [2.05, 4.69) is 10.1 Å². The highest BCUT2D eigenvalue weighted by atomic mass is 28.4. The third kappa shape index (κ3) is 9.72. The van der Waals surface area contributed by atoms with E-state index in [1.165, 1.54) is 0 Å². The van der Waals surface area contributed by atoms with Crippen LogP contribution in [-0.2, 0) is 27.5 Å². The van der Waals surface area contributed by atoms with Gasteiger partial charge in [0.25, 0.3) is 6.47 Å². The largest absolute Gasteiger partial charge is 0.500 e. The molecule has 0 bridgehead atoms. The molecule has 22 heavy (non-hydrogen) atoms. The smallest absolute Gasteiger partial charge is 0.464 e. The first-order valence-corrected chi connectivity index (χ1v) is 9.45. The lowest BCUT2D eigenvalue weighted by molar-refractivity contribution is -0.129. The lowest BCUT2D eigenvalue weighted by atomic mass is 10.5. The number of ether oxygens (including phenoxy) is 2. The monoisotopic (exact) mass is 337 g/mol. The molecule has 0 unspecified atom stereocenters. The molecule has 0 atom stereocenters. The zero-order valence-corrected chi connectivity index (χ0v) is 14.6. The highest BCUT2D eigenvalue weighted by Gasteiger charge is 2.39. The molecule has 0 fully saturated rings. The van der Waals surface area contributed by atoms with Crippen molar-refractivity contribution in [2.75, 3.05) is 39.6 Å². The van der Waals surface area contributed by atoms with E-state index in [4.69, 9.17) is 18.0 Å². The molecule has 0 heterocycles. The van der Waals surface area contributed by atoms with E-state index in [9.17, 15) is 9.59 Å². The standard InChI is InChI=1S/C13H27NO7Si/c1-4-19-22(20-5-2,21-6-3)11-7-8-14-13(16)18-10-9-17-12-15/h12H,4-11H2,1-3H3,(H,14,16). The molecule has 0 saturated carbocycles. The Morgan fingerprint density at radius 1 is 1.05 bits per heavy atom. The summed E-state index contributed by atoms with van der Waals surface area (Å²) in [6, 6.07) is 0.622. The molecule has 0 radical (unpaired) electrons. The summed E-state index contributed by atoms with van der Waals surface area (Å²) in [7, 11) is -2.65. The molecule has 0 saturated heterocycles. The molecule has 0 spiro atoms. The molecule has 0 aromatic heterocycles. The molecule has 0 aromatic rings. The van der Waals surface area contributed by atoms with Gasteiger partial charge >= 0.3 is 14.9 Å². The molecule has 8 nitrogen and oxygen atoms in total. The number of nitrogens with one attached hydrogen (secondary N) is 1. The Morgan fingerprint density at radius 2 is 1.64 bits per heavy atom. The second-order valence-corrected chi connectivity index (χ2v) is 6.85. The highest BCUT2D eigenvalue weighted by Crippen LogP contribution is 2.17. The number of alkyl carbamates (subject to hydrolysis) is 1. The van der Waals surface area contributed by atoms with Crippen molar-refractivity contribution in [1.29, 1.82) is 0 Å². The van der Waals surface area contributed by atoms with Gasteiger partial charge in [-0.15, -0.1) is 0 Å². The van der Waals surface area contributed by atoms with E-state index in [1.54, 1.807) is 0 Å². The predicted octanol–water partition coefficient (Wildman–Crippen LogP) is 1.32. The number of carbonyl (C=O) groups is 2. The Balaban J connectivity index is 4.00. The highest BCUT2D eigenvalue weighted by molar-refractivity contribution is 6.60. The molecule has 0 rings (SSSR count). The van der Waals surface area contributed by atoms with Crippen LogP contribution in [0.1, 0.15) is 27.2 Å². The van der Waals surface area contributed by atoms with Gasteiger partial charge in [0.2, 0.25) is 0 Å². The van der Waals surface area contributed by atoms with Crippen LogP contribution in [0.15, 0.2) is 0 Å². The van der Waals surface area contributed by atoms with E-state index in [1.807, 2.05) is 20.8 Å². The predicted molar refractivity (Wildman–Crippen MR) is 81.4 cm³/mol. The van der Waals surface area contributed by atoms with Crippen LogP contribution >= 0.6 is 0 Å². The Kier molecular flexibility index (Phi) is 12.8. The van der Waals surface area contributed by atoms with E-state index < -0.39 is 14.9 Å². The van der Waals surface area contributed by atoms with Crippen molar-refractivity contribution >= 4 is 21.4 Å². The Labute approximate surface area is 132 Å². The maximum absolute atomic E-state index is 11.3. The van der Waals surface area contributed by atoms with Gasteiger partial charge < -0.3 is 28.1 Å². The SMILES string of the molecule is CCO[Si](CCCNC(=O)OCCOC=O)(OCC)OCC. The lowest BCUT2D eigenvalue weighted by Crippen LogP contribution is -2.46. The Hall–Kier alpha value is -1.16. The Bertz CT molecular complexity index is 287. The third-order valence-corrected chi connectivity index (χ3v) is 5.68. The first-order chi connectivity index (χ1) is 10.6. The fraction of sp³-hybridized carbons (Fsp3) is 0.846. The van der Waals surface area contributed by atoms with Crippen LogP contribution in [0.2, 0.25) is 6.04 Å². The van der Waals surface area contributed by atoms with Crippen LogP contribution in [0, 0.1) is 0 Å². The number of carbonyl (C=O) groups excluding carboxylic acids is 2. The van der Waals surface area contributed by atoms with Crippen LogP contribution in [0.3, 0.4) is 0 Å². The summed E-state index contributed by atoms with van der Waals surface area (Å²) in [6.07, 6.45) is 0.109. The number of rotatable bonds is 14. The zero-order valence-electron chi connectivity index (χ0n) is 13.6. The van der Waals surface area contributed by atoms with Crippen molar-refractivity contribution in [3.8, 4) is 0 Å². The molecule has 0 aliphatic carbocycles. The zero-order chi connectivity index (χ0) is 16.7. The van der Waals surface area contributed by atoms with Gasteiger partial charge in [-0.2, -0.15) is 0 Å². The quantitative estimate of drug-likeness (QED) is 0.290. The summed E-state index contributed by atoms with van der Waals surface area (Å²) < 4.78 is 26.3. The maximum Gasteiger partial charge on any atom is 0.500 e. The fourth-order valence-electron chi connectivity index (χ4n) is 1.78. The van der Waals surface area contributed by atoms with Gasteiger partial charge in [0.15, 0.2) is 0 Å². The number of amides is 1. The first-order valence-electron chi connectivity index (χ1n) is 7.51. The van der Waals surface area contributed by atoms with Gasteiger partial charge in [-0.25, -0.2) is 4.79 Å². The van der Waals surface area contributed by atoms with Crippen molar-refractivity contribution in [2.45, 2.75) is 33.2 Å². The lowest BCUT2D eigenvalue weighted by Gasteiger charge is -2.28. The minimum Gasteiger partial charge on any atom is -0.464 e. The summed E-state index contributed by atoms with van der Waals surface area (Å²) in [5, 5.41) is 2.61. The fourth-order valence-corrected chi connectivity index (χ4v) is 4.39. The van der Waals surface area contributed by atoms with Crippen LogP contribution < -0.4 is 5.32 Å². The van der Waals surface area contributed by atoms with Crippen LogP contribution in [-0.4, -0.2) is 60.9 Å². The average molecular weight is 337 g/mol. The van der Waals surface area contributed by atoms with Gasteiger partial charge in [-0.05, 0) is 27.2 Å². The molecule has 1 N–H and O–H groups in total. The van der Waals surface area contributed by atoms with Gasteiger partial charge in [-0.3, -0.25) is 4.79 Å². The maximum atomic E-state index is 11.3.